The molecule has 142 valence electrons. The summed E-state index contributed by atoms with van der Waals surface area (Å²) >= 11 is 0. The minimum atomic E-state index is -0.710. The number of nitrogens with one attached hydrogen (secondary N) is 2. The fraction of sp³-hybridized carbons (Fsp3) is 0.143. The van der Waals surface area contributed by atoms with Gasteiger partial charge >= 0.3 is 0 Å². The van der Waals surface area contributed by atoms with Gasteiger partial charge in [0.2, 0.25) is 11.8 Å². The number of para-hydroxylation sites is 1. The number of hydrogen-bond donors (Lipinski definition) is 2. The van der Waals surface area contributed by atoms with Crippen LogP contribution in [0.3, 0.4) is 0 Å². The van der Waals surface area contributed by atoms with Crippen molar-refractivity contribution in [2.75, 3.05) is 5.32 Å². The van der Waals surface area contributed by atoms with Crippen LogP contribution < -0.4 is 15.4 Å². The monoisotopic (exact) mass is 376 g/mol. The van der Waals surface area contributed by atoms with Crippen molar-refractivity contribution in [3.05, 3.63) is 78.8 Å². The van der Waals surface area contributed by atoms with Crippen LogP contribution in [0.25, 0.3) is 0 Å². The molecular weight excluding hydrogens is 356 g/mol. The van der Waals surface area contributed by atoms with E-state index in [-0.39, 0.29) is 18.2 Å². The van der Waals surface area contributed by atoms with Crippen LogP contribution in [0.2, 0.25) is 0 Å². The average Bonchev–Trinajstić information content (AvgIpc) is 2.69. The van der Waals surface area contributed by atoms with Gasteiger partial charge in [0.15, 0.2) is 5.82 Å². The maximum Gasteiger partial charge on any atom is 0.247 e. The van der Waals surface area contributed by atoms with E-state index in [1.807, 2.05) is 48.5 Å². The van der Waals surface area contributed by atoms with Gasteiger partial charge in [0.05, 0.1) is 12.6 Å². The zero-order valence-electron chi connectivity index (χ0n) is 15.3. The number of ether oxygens (including phenoxy) is 1. The Hall–Kier alpha value is -3.74. The van der Waals surface area contributed by atoms with E-state index in [9.17, 15) is 9.59 Å². The zero-order chi connectivity index (χ0) is 19.8. The number of hydrogen-bond acceptors (Lipinski definition) is 5. The molecule has 0 bridgehead atoms. The van der Waals surface area contributed by atoms with Crippen LogP contribution in [0.15, 0.2) is 73.2 Å². The van der Waals surface area contributed by atoms with Crippen molar-refractivity contribution in [1.82, 2.24) is 15.3 Å². The van der Waals surface area contributed by atoms with Gasteiger partial charge in [-0.3, -0.25) is 14.6 Å². The number of aromatic nitrogens is 2. The smallest absolute Gasteiger partial charge is 0.247 e. The number of carbonyl (C=O) groups excluding carboxylic acids is 2. The summed E-state index contributed by atoms with van der Waals surface area (Å²) in [5, 5.41) is 5.28. The molecule has 0 spiro atoms. The van der Waals surface area contributed by atoms with Crippen molar-refractivity contribution < 1.29 is 14.3 Å². The lowest BCUT2D eigenvalue weighted by atomic mass is 10.1. The fourth-order valence-corrected chi connectivity index (χ4v) is 2.49. The Bertz CT molecular complexity index is 933. The number of anilines is 1. The summed E-state index contributed by atoms with van der Waals surface area (Å²) in [5.41, 5.74) is 0.785. The molecule has 1 aromatic heterocycles. The molecule has 0 saturated carbocycles. The molecule has 0 radical (unpaired) electrons. The predicted octanol–water partition coefficient (Wildman–Crippen LogP) is 2.95. The predicted molar refractivity (Wildman–Crippen MR) is 105 cm³/mol. The second-order valence-corrected chi connectivity index (χ2v) is 6.11. The molecule has 1 atom stereocenters. The van der Waals surface area contributed by atoms with Crippen LogP contribution in [-0.4, -0.2) is 27.8 Å². The summed E-state index contributed by atoms with van der Waals surface area (Å²) in [6.07, 6.45) is 4.55. The molecule has 0 saturated heterocycles. The van der Waals surface area contributed by atoms with Crippen LogP contribution in [0.1, 0.15) is 12.5 Å². The van der Waals surface area contributed by atoms with Crippen molar-refractivity contribution in [2.24, 2.45) is 0 Å². The molecule has 2 N–H and O–H groups in total. The molecule has 28 heavy (non-hydrogen) atoms. The molecule has 0 aliphatic heterocycles. The summed E-state index contributed by atoms with van der Waals surface area (Å²) in [4.78, 5) is 32.3. The Balaban J connectivity index is 1.54. The number of rotatable bonds is 7. The Morgan fingerprint density at radius 3 is 2.57 bits per heavy atom. The van der Waals surface area contributed by atoms with Crippen LogP contribution in [0, 0.1) is 0 Å². The van der Waals surface area contributed by atoms with Crippen LogP contribution in [-0.2, 0) is 16.0 Å². The molecule has 1 heterocycles. The maximum atomic E-state index is 12.3. The van der Waals surface area contributed by atoms with E-state index in [1.54, 1.807) is 13.0 Å². The number of carbonyl (C=O) groups is 2. The standard InChI is InChI=1S/C21H20N4O3/c1-15(21(27)25-19-14-22-10-11-23-19)24-20(26)13-16-6-5-9-18(12-16)28-17-7-3-2-4-8-17/h2-12,14-15H,13H2,1H3,(H,24,26)(H,23,25,27). The molecular formula is C21H20N4O3. The van der Waals surface area contributed by atoms with Gasteiger partial charge in [-0.25, -0.2) is 4.98 Å². The van der Waals surface area contributed by atoms with Crippen molar-refractivity contribution in [2.45, 2.75) is 19.4 Å². The maximum absolute atomic E-state index is 12.3. The topological polar surface area (TPSA) is 93.2 Å². The zero-order valence-corrected chi connectivity index (χ0v) is 15.3. The minimum absolute atomic E-state index is 0.134. The lowest BCUT2D eigenvalue weighted by molar-refractivity contribution is -0.125. The third kappa shape index (κ3) is 5.63. The lowest BCUT2D eigenvalue weighted by Crippen LogP contribution is -2.42. The first-order valence-electron chi connectivity index (χ1n) is 8.78. The first-order chi connectivity index (χ1) is 13.6. The summed E-state index contributed by atoms with van der Waals surface area (Å²) in [5.74, 6) is 1.07. The molecule has 7 nitrogen and oxygen atoms in total. The highest BCUT2D eigenvalue weighted by atomic mass is 16.5. The first-order valence-corrected chi connectivity index (χ1v) is 8.78. The second kappa shape index (κ2) is 9.27. The van der Waals surface area contributed by atoms with E-state index in [0.29, 0.717) is 11.6 Å². The highest BCUT2D eigenvalue weighted by molar-refractivity contribution is 5.96. The Morgan fingerprint density at radius 1 is 1.04 bits per heavy atom. The van der Waals surface area contributed by atoms with Crippen molar-refractivity contribution >= 4 is 17.6 Å². The summed E-state index contributed by atoms with van der Waals surface area (Å²) in [6.45, 7) is 1.61. The minimum Gasteiger partial charge on any atom is -0.457 e. The van der Waals surface area contributed by atoms with Gasteiger partial charge in [-0.15, -0.1) is 0 Å². The van der Waals surface area contributed by atoms with E-state index in [4.69, 9.17) is 4.74 Å². The number of amides is 2. The van der Waals surface area contributed by atoms with Gasteiger partial charge in [0.1, 0.15) is 17.5 Å². The Morgan fingerprint density at radius 2 is 1.82 bits per heavy atom. The summed E-state index contributed by atoms with van der Waals surface area (Å²) in [6, 6.07) is 16.0. The van der Waals surface area contributed by atoms with Crippen molar-refractivity contribution in [3.8, 4) is 11.5 Å². The van der Waals surface area contributed by atoms with E-state index >= 15 is 0 Å². The molecule has 0 aliphatic carbocycles. The Kier molecular flexibility index (Phi) is 6.30. The van der Waals surface area contributed by atoms with Crippen LogP contribution >= 0.6 is 0 Å². The molecule has 2 aromatic carbocycles. The van der Waals surface area contributed by atoms with Gasteiger partial charge in [0.25, 0.3) is 0 Å². The van der Waals surface area contributed by atoms with Crippen LogP contribution in [0.4, 0.5) is 5.82 Å². The molecule has 1 unspecified atom stereocenters. The number of benzene rings is 2. The Labute approximate surface area is 162 Å². The molecule has 0 aliphatic rings. The van der Waals surface area contributed by atoms with Gasteiger partial charge in [0, 0.05) is 12.4 Å². The molecule has 2 amide bonds. The van der Waals surface area contributed by atoms with E-state index < -0.39 is 6.04 Å². The highest BCUT2D eigenvalue weighted by Crippen LogP contribution is 2.22. The van der Waals surface area contributed by atoms with Gasteiger partial charge in [-0.05, 0) is 36.8 Å². The fourth-order valence-electron chi connectivity index (χ4n) is 2.49. The first kappa shape index (κ1) is 19.0. The van der Waals surface area contributed by atoms with Gasteiger partial charge in [-0.2, -0.15) is 0 Å². The van der Waals surface area contributed by atoms with Crippen LogP contribution in [0.5, 0.6) is 11.5 Å². The lowest BCUT2D eigenvalue weighted by Gasteiger charge is -2.14. The van der Waals surface area contributed by atoms with Crippen molar-refractivity contribution in [1.29, 1.82) is 0 Å². The third-order valence-electron chi connectivity index (χ3n) is 3.83. The van der Waals surface area contributed by atoms with Gasteiger partial charge < -0.3 is 15.4 Å². The SMILES string of the molecule is CC(NC(=O)Cc1cccc(Oc2ccccc2)c1)C(=O)Nc1cnccn1. The summed E-state index contributed by atoms with van der Waals surface area (Å²) in [7, 11) is 0. The molecule has 3 aromatic rings. The number of nitrogens with zero attached hydrogens (tertiary/aromatic N) is 2. The quantitative estimate of drug-likeness (QED) is 0.661. The third-order valence-corrected chi connectivity index (χ3v) is 3.83. The normalized spacial score (nSPS) is 11.3. The largest absolute Gasteiger partial charge is 0.457 e. The van der Waals surface area contributed by atoms with Gasteiger partial charge in [-0.1, -0.05) is 30.3 Å². The molecule has 0 fully saturated rings. The van der Waals surface area contributed by atoms with E-state index in [1.165, 1.54) is 18.6 Å². The van der Waals surface area contributed by atoms with E-state index in [2.05, 4.69) is 20.6 Å². The second-order valence-electron chi connectivity index (χ2n) is 6.11. The molecule has 3 rings (SSSR count). The van der Waals surface area contributed by atoms with E-state index in [0.717, 1.165) is 11.3 Å². The van der Waals surface area contributed by atoms with Crippen molar-refractivity contribution in [3.63, 3.8) is 0 Å². The molecule has 7 heteroatoms. The highest BCUT2D eigenvalue weighted by Gasteiger charge is 2.16. The average molecular weight is 376 g/mol. The summed E-state index contributed by atoms with van der Waals surface area (Å²) < 4.78 is 5.78.